The summed E-state index contributed by atoms with van der Waals surface area (Å²) >= 11 is 0. The van der Waals surface area contributed by atoms with Gasteiger partial charge in [0.25, 0.3) is 0 Å². The van der Waals surface area contributed by atoms with E-state index in [1.165, 1.54) is 0 Å². The first kappa shape index (κ1) is 21.9. The summed E-state index contributed by atoms with van der Waals surface area (Å²) in [6.07, 6.45) is 3.94. The molecule has 0 radical (unpaired) electrons. The first-order valence-corrected chi connectivity index (χ1v) is 11.1. The van der Waals surface area contributed by atoms with Crippen molar-refractivity contribution >= 4 is 22.7 Å². The number of piperazine rings is 1. The van der Waals surface area contributed by atoms with Crippen LogP contribution in [0.25, 0.3) is 10.9 Å². The third-order valence-electron chi connectivity index (χ3n) is 6.30. The lowest BCUT2D eigenvalue weighted by Gasteiger charge is -2.46. The Balaban J connectivity index is 1.33. The molecule has 0 atom stereocenters. The van der Waals surface area contributed by atoms with E-state index in [2.05, 4.69) is 11.1 Å². The fourth-order valence-electron chi connectivity index (χ4n) is 4.49. The van der Waals surface area contributed by atoms with E-state index in [0.29, 0.717) is 36.4 Å². The third-order valence-corrected chi connectivity index (χ3v) is 6.30. The molecule has 1 amide bonds. The van der Waals surface area contributed by atoms with Crippen molar-refractivity contribution in [2.24, 2.45) is 0 Å². The largest absolute Gasteiger partial charge is 0.444 e. The molecule has 1 aliphatic heterocycles. The molecular weight excluding hydrogens is 394 g/mol. The SMILES string of the molecule is CC(C)(C)OC(=O)N1CCN(C2CC(n3cc4cc(N)c(C(C)(C)O)cc4n3)C2)CC1. The van der Waals surface area contributed by atoms with Crippen LogP contribution in [0.5, 0.6) is 0 Å². The summed E-state index contributed by atoms with van der Waals surface area (Å²) in [6.45, 7) is 12.3. The summed E-state index contributed by atoms with van der Waals surface area (Å²) in [5.74, 6) is 0. The van der Waals surface area contributed by atoms with Gasteiger partial charge in [-0.2, -0.15) is 5.10 Å². The number of ether oxygens (including phenoxy) is 1. The summed E-state index contributed by atoms with van der Waals surface area (Å²) in [5.41, 5.74) is 6.86. The second kappa shape index (κ2) is 7.67. The molecule has 1 saturated heterocycles. The molecule has 0 spiro atoms. The zero-order valence-electron chi connectivity index (χ0n) is 19.3. The average Bonchev–Trinajstić information content (AvgIpc) is 3.00. The van der Waals surface area contributed by atoms with Crippen molar-refractivity contribution in [1.82, 2.24) is 19.6 Å². The molecule has 2 aromatic rings. The van der Waals surface area contributed by atoms with Gasteiger partial charge in [-0.1, -0.05) is 0 Å². The van der Waals surface area contributed by atoms with Gasteiger partial charge in [-0.3, -0.25) is 9.58 Å². The first-order chi connectivity index (χ1) is 14.4. The van der Waals surface area contributed by atoms with E-state index in [1.807, 2.05) is 42.5 Å². The van der Waals surface area contributed by atoms with Gasteiger partial charge in [-0.15, -0.1) is 0 Å². The molecule has 31 heavy (non-hydrogen) atoms. The van der Waals surface area contributed by atoms with Crippen LogP contribution in [0.2, 0.25) is 0 Å². The van der Waals surface area contributed by atoms with Crippen LogP contribution in [-0.4, -0.2) is 68.6 Å². The highest BCUT2D eigenvalue weighted by Crippen LogP contribution is 2.37. The summed E-state index contributed by atoms with van der Waals surface area (Å²) < 4.78 is 7.53. The maximum absolute atomic E-state index is 12.3. The summed E-state index contributed by atoms with van der Waals surface area (Å²) in [5, 5.41) is 16.1. The average molecular weight is 430 g/mol. The smallest absolute Gasteiger partial charge is 0.410 e. The van der Waals surface area contributed by atoms with E-state index < -0.39 is 11.2 Å². The Morgan fingerprint density at radius 3 is 2.32 bits per heavy atom. The predicted octanol–water partition coefficient (Wildman–Crippen LogP) is 3.10. The minimum absolute atomic E-state index is 0.216. The topological polar surface area (TPSA) is 96.9 Å². The maximum atomic E-state index is 12.3. The van der Waals surface area contributed by atoms with E-state index in [9.17, 15) is 9.90 Å². The summed E-state index contributed by atoms with van der Waals surface area (Å²) in [4.78, 5) is 16.5. The molecule has 3 N–H and O–H groups in total. The van der Waals surface area contributed by atoms with E-state index in [1.54, 1.807) is 13.8 Å². The van der Waals surface area contributed by atoms with Crippen molar-refractivity contribution in [3.8, 4) is 0 Å². The molecule has 1 aliphatic carbocycles. The monoisotopic (exact) mass is 429 g/mol. The van der Waals surface area contributed by atoms with Crippen LogP contribution in [-0.2, 0) is 10.3 Å². The zero-order chi connectivity index (χ0) is 22.6. The van der Waals surface area contributed by atoms with Gasteiger partial charge in [-0.05, 0) is 59.6 Å². The van der Waals surface area contributed by atoms with E-state index in [-0.39, 0.29) is 6.09 Å². The number of carbonyl (C=O) groups excluding carboxylic acids is 1. The molecule has 4 rings (SSSR count). The Kier molecular flexibility index (Phi) is 5.42. The van der Waals surface area contributed by atoms with Gasteiger partial charge in [0.15, 0.2) is 0 Å². The van der Waals surface area contributed by atoms with Crippen molar-refractivity contribution in [3.63, 3.8) is 0 Å². The predicted molar refractivity (Wildman–Crippen MR) is 121 cm³/mol. The third kappa shape index (κ3) is 4.65. The van der Waals surface area contributed by atoms with E-state index in [0.717, 1.165) is 36.8 Å². The molecule has 8 nitrogen and oxygen atoms in total. The van der Waals surface area contributed by atoms with Crippen LogP contribution in [0.3, 0.4) is 0 Å². The van der Waals surface area contributed by atoms with Crippen molar-refractivity contribution < 1.29 is 14.6 Å². The fraction of sp³-hybridized carbons (Fsp3) is 0.652. The summed E-state index contributed by atoms with van der Waals surface area (Å²) in [6, 6.07) is 4.69. The molecule has 2 fully saturated rings. The normalized spacial score (nSPS) is 23.1. The minimum atomic E-state index is -0.995. The molecule has 8 heteroatoms. The minimum Gasteiger partial charge on any atom is -0.444 e. The van der Waals surface area contributed by atoms with Gasteiger partial charge >= 0.3 is 6.09 Å². The van der Waals surface area contributed by atoms with E-state index >= 15 is 0 Å². The second-order valence-electron chi connectivity index (χ2n) is 10.4. The van der Waals surface area contributed by atoms with Crippen molar-refractivity contribution in [2.75, 3.05) is 31.9 Å². The molecule has 2 aliphatic rings. The molecular formula is C23H35N5O3. The van der Waals surface area contributed by atoms with Crippen LogP contribution in [0.15, 0.2) is 18.3 Å². The number of hydrogen-bond acceptors (Lipinski definition) is 6. The summed E-state index contributed by atoms with van der Waals surface area (Å²) in [7, 11) is 0. The lowest BCUT2D eigenvalue weighted by Crippen LogP contribution is -2.55. The maximum Gasteiger partial charge on any atom is 0.410 e. The molecule has 0 bridgehead atoms. The highest BCUT2D eigenvalue weighted by atomic mass is 16.6. The highest BCUT2D eigenvalue weighted by Gasteiger charge is 2.37. The fourth-order valence-corrected chi connectivity index (χ4v) is 4.49. The molecule has 2 heterocycles. The molecule has 1 saturated carbocycles. The second-order valence-corrected chi connectivity index (χ2v) is 10.4. The standard InChI is InChI=1S/C23H35N5O3/c1-22(2,3)31-21(29)27-8-6-26(7-9-27)16-11-17(12-16)28-14-15-10-19(24)18(23(4,5)30)13-20(15)25-28/h10,13-14,16-17,30H,6-9,11-12,24H2,1-5H3. The number of amides is 1. The van der Waals surface area contributed by atoms with Gasteiger partial charge in [0.2, 0.25) is 0 Å². The number of nitrogen functional groups attached to an aromatic ring is 1. The molecule has 0 unspecified atom stereocenters. The number of hydrogen-bond donors (Lipinski definition) is 2. The number of anilines is 1. The van der Waals surface area contributed by atoms with Crippen LogP contribution in [0, 0.1) is 0 Å². The van der Waals surface area contributed by atoms with E-state index in [4.69, 9.17) is 15.6 Å². The Bertz CT molecular complexity index is 958. The molecule has 170 valence electrons. The van der Waals surface area contributed by atoms with Gasteiger partial charge in [0, 0.05) is 55.1 Å². The number of nitrogens with zero attached hydrogens (tertiary/aromatic N) is 4. The molecule has 1 aromatic heterocycles. The number of aromatic nitrogens is 2. The van der Waals surface area contributed by atoms with Crippen LogP contribution in [0.4, 0.5) is 10.5 Å². The Morgan fingerprint density at radius 2 is 1.74 bits per heavy atom. The van der Waals surface area contributed by atoms with Crippen molar-refractivity contribution in [2.45, 2.75) is 70.7 Å². The quantitative estimate of drug-likeness (QED) is 0.728. The zero-order valence-corrected chi connectivity index (χ0v) is 19.3. The van der Waals surface area contributed by atoms with Gasteiger partial charge in [-0.25, -0.2) is 4.79 Å². The first-order valence-electron chi connectivity index (χ1n) is 11.1. The van der Waals surface area contributed by atoms with Gasteiger partial charge in [0.05, 0.1) is 17.2 Å². The van der Waals surface area contributed by atoms with Crippen molar-refractivity contribution in [3.05, 3.63) is 23.9 Å². The number of benzene rings is 1. The number of rotatable bonds is 3. The lowest BCUT2D eigenvalue weighted by atomic mass is 9.85. The van der Waals surface area contributed by atoms with Gasteiger partial charge < -0.3 is 20.5 Å². The van der Waals surface area contributed by atoms with Crippen molar-refractivity contribution in [1.29, 1.82) is 0 Å². The Hall–Kier alpha value is -2.32. The Labute approximate surface area is 183 Å². The number of aliphatic hydroxyl groups is 1. The lowest BCUT2D eigenvalue weighted by molar-refractivity contribution is -0.00139. The van der Waals surface area contributed by atoms with Crippen LogP contribution in [0.1, 0.15) is 59.1 Å². The Morgan fingerprint density at radius 1 is 1.10 bits per heavy atom. The molecule has 1 aromatic carbocycles. The van der Waals surface area contributed by atoms with Gasteiger partial charge in [0.1, 0.15) is 5.60 Å². The number of carbonyl (C=O) groups is 1. The number of nitrogens with two attached hydrogens (primary N) is 1. The highest BCUT2D eigenvalue weighted by molar-refractivity contribution is 5.83. The number of fused-ring (bicyclic) bond motifs is 1. The van der Waals surface area contributed by atoms with Crippen LogP contribution >= 0.6 is 0 Å². The van der Waals surface area contributed by atoms with Crippen LogP contribution < -0.4 is 5.73 Å².